The Bertz CT molecular complexity index is 1210. The lowest BCUT2D eigenvalue weighted by atomic mass is 9.97. The third-order valence-electron chi connectivity index (χ3n) is 4.71. The summed E-state index contributed by atoms with van der Waals surface area (Å²) in [5.41, 5.74) is 3.61. The van der Waals surface area contributed by atoms with Crippen LogP contribution in [0.3, 0.4) is 0 Å². The van der Waals surface area contributed by atoms with Gasteiger partial charge in [-0.05, 0) is 51.9 Å². The van der Waals surface area contributed by atoms with Gasteiger partial charge in [0.1, 0.15) is 5.82 Å². The van der Waals surface area contributed by atoms with Crippen molar-refractivity contribution in [3.05, 3.63) is 95.8 Å². The summed E-state index contributed by atoms with van der Waals surface area (Å²) in [7, 11) is 0. The highest BCUT2D eigenvalue weighted by Crippen LogP contribution is 2.27. The zero-order valence-corrected chi connectivity index (χ0v) is 15.9. The first-order valence-corrected chi connectivity index (χ1v) is 9.38. The molecule has 0 spiro atoms. The van der Waals surface area contributed by atoms with E-state index in [0.29, 0.717) is 0 Å². The molecule has 4 aromatic carbocycles. The van der Waals surface area contributed by atoms with Crippen molar-refractivity contribution < 1.29 is 14.0 Å². The number of hydrogen-bond acceptors (Lipinski definition) is 3. The van der Waals surface area contributed by atoms with Gasteiger partial charge in [-0.3, -0.25) is 9.59 Å². The molecule has 0 atom stereocenters. The summed E-state index contributed by atoms with van der Waals surface area (Å²) in [4.78, 5) is 24.0. The van der Waals surface area contributed by atoms with Crippen LogP contribution in [-0.2, 0) is 4.79 Å². The Morgan fingerprint density at radius 1 is 0.867 bits per heavy atom. The molecule has 0 saturated heterocycles. The highest BCUT2D eigenvalue weighted by molar-refractivity contribution is 6.13. The van der Waals surface area contributed by atoms with Crippen molar-refractivity contribution in [2.45, 2.75) is 0 Å². The van der Waals surface area contributed by atoms with Gasteiger partial charge in [0.25, 0.3) is 11.8 Å². The predicted octanol–water partition coefficient (Wildman–Crippen LogP) is 4.01. The molecular formula is C24H18FN3O2. The van der Waals surface area contributed by atoms with Crippen molar-refractivity contribution in [2.24, 2.45) is 5.10 Å². The van der Waals surface area contributed by atoms with E-state index >= 15 is 0 Å². The zero-order valence-electron chi connectivity index (χ0n) is 15.9. The second-order valence-electron chi connectivity index (χ2n) is 6.72. The number of fused-ring (bicyclic) bond motifs is 2. The van der Waals surface area contributed by atoms with Gasteiger partial charge in [-0.1, -0.05) is 48.5 Å². The molecule has 0 aliphatic carbocycles. The summed E-state index contributed by atoms with van der Waals surface area (Å²) >= 11 is 0. The molecule has 0 saturated carbocycles. The smallest absolute Gasteiger partial charge is 0.259 e. The topological polar surface area (TPSA) is 70.6 Å². The highest BCUT2D eigenvalue weighted by atomic mass is 19.1. The van der Waals surface area contributed by atoms with Gasteiger partial charge in [0.15, 0.2) is 0 Å². The second kappa shape index (κ2) is 8.53. The first kappa shape index (κ1) is 19.3. The minimum absolute atomic E-state index is 0.246. The molecule has 0 fully saturated rings. The number of nitrogens with zero attached hydrogens (tertiary/aromatic N) is 1. The van der Waals surface area contributed by atoms with Crippen molar-refractivity contribution in [2.75, 3.05) is 6.54 Å². The third kappa shape index (κ3) is 4.17. The number of benzene rings is 4. The molecule has 148 valence electrons. The van der Waals surface area contributed by atoms with Gasteiger partial charge in [0, 0.05) is 11.1 Å². The summed E-state index contributed by atoms with van der Waals surface area (Å²) in [5.74, 6) is -1.36. The maximum Gasteiger partial charge on any atom is 0.259 e. The summed E-state index contributed by atoms with van der Waals surface area (Å²) in [6, 6.07) is 23.1. The number of carbonyl (C=O) groups excluding carboxylic acids is 2. The number of amides is 2. The highest BCUT2D eigenvalue weighted by Gasteiger charge is 2.08. The fourth-order valence-corrected chi connectivity index (χ4v) is 3.26. The maximum atomic E-state index is 12.9. The first-order valence-electron chi connectivity index (χ1n) is 9.38. The van der Waals surface area contributed by atoms with Crippen LogP contribution in [0.4, 0.5) is 4.39 Å². The van der Waals surface area contributed by atoms with Crippen LogP contribution >= 0.6 is 0 Å². The average molecular weight is 399 g/mol. The molecule has 4 rings (SSSR count). The SMILES string of the molecule is O=C(CNC(=O)c1ccc(F)cc1)N/N=C/c1c2ccccc2cc2ccccc12. The van der Waals surface area contributed by atoms with Gasteiger partial charge in [-0.2, -0.15) is 5.10 Å². The Kier molecular flexibility index (Phi) is 5.48. The van der Waals surface area contributed by atoms with Gasteiger partial charge in [-0.25, -0.2) is 9.82 Å². The Balaban J connectivity index is 1.46. The molecule has 0 aliphatic rings. The van der Waals surface area contributed by atoms with Crippen molar-refractivity contribution in [1.29, 1.82) is 0 Å². The molecule has 0 radical (unpaired) electrons. The minimum atomic E-state index is -0.466. The summed E-state index contributed by atoms with van der Waals surface area (Å²) in [5, 5.41) is 10.8. The van der Waals surface area contributed by atoms with E-state index in [0.717, 1.165) is 27.1 Å². The molecule has 30 heavy (non-hydrogen) atoms. The van der Waals surface area contributed by atoms with Crippen LogP contribution in [0.2, 0.25) is 0 Å². The van der Waals surface area contributed by atoms with Crippen molar-refractivity contribution in [3.63, 3.8) is 0 Å². The molecule has 6 heteroatoms. The molecule has 5 nitrogen and oxygen atoms in total. The van der Waals surface area contributed by atoms with Gasteiger partial charge in [0.05, 0.1) is 12.8 Å². The van der Waals surface area contributed by atoms with Gasteiger partial charge < -0.3 is 5.32 Å². The molecule has 0 aliphatic heterocycles. The van der Waals surface area contributed by atoms with E-state index in [-0.39, 0.29) is 12.1 Å². The number of rotatable bonds is 5. The van der Waals surface area contributed by atoms with E-state index in [2.05, 4.69) is 21.9 Å². The van der Waals surface area contributed by atoms with Crippen LogP contribution < -0.4 is 10.7 Å². The van der Waals surface area contributed by atoms with E-state index in [1.807, 2.05) is 48.5 Å². The molecule has 0 unspecified atom stereocenters. The van der Waals surface area contributed by atoms with E-state index in [4.69, 9.17) is 0 Å². The maximum absolute atomic E-state index is 12.9. The summed E-state index contributed by atoms with van der Waals surface area (Å²) in [6.07, 6.45) is 1.62. The van der Waals surface area contributed by atoms with Crippen molar-refractivity contribution in [1.82, 2.24) is 10.7 Å². The normalized spacial score (nSPS) is 11.1. The predicted molar refractivity (Wildman–Crippen MR) is 116 cm³/mol. The second-order valence-corrected chi connectivity index (χ2v) is 6.72. The Labute approximate surface area is 172 Å². The van der Waals surface area contributed by atoms with Crippen LogP contribution in [0.25, 0.3) is 21.5 Å². The lowest BCUT2D eigenvalue weighted by Crippen LogP contribution is -2.34. The number of nitrogens with one attached hydrogen (secondary N) is 2. The molecule has 4 aromatic rings. The number of halogens is 1. The molecule has 0 bridgehead atoms. The van der Waals surface area contributed by atoms with Crippen LogP contribution in [0, 0.1) is 5.82 Å². The Morgan fingerprint density at radius 3 is 2.10 bits per heavy atom. The Hall–Kier alpha value is -4.06. The Morgan fingerprint density at radius 2 is 1.47 bits per heavy atom. The number of carbonyl (C=O) groups is 2. The average Bonchev–Trinajstić information content (AvgIpc) is 2.77. The standard InChI is InChI=1S/C24H18FN3O2/c25-19-11-9-16(10-12-19)24(30)26-15-23(29)28-27-14-22-20-7-3-1-5-17(20)13-18-6-2-4-8-21(18)22/h1-14H,15H2,(H,26,30)(H,28,29)/b27-14+. The molecule has 0 aromatic heterocycles. The van der Waals surface area contributed by atoms with E-state index in [1.54, 1.807) is 6.21 Å². The van der Waals surface area contributed by atoms with E-state index < -0.39 is 17.6 Å². The van der Waals surface area contributed by atoms with E-state index in [9.17, 15) is 14.0 Å². The fourth-order valence-electron chi connectivity index (χ4n) is 3.26. The number of hydrazone groups is 1. The van der Waals surface area contributed by atoms with Crippen LogP contribution in [-0.4, -0.2) is 24.6 Å². The van der Waals surface area contributed by atoms with E-state index in [1.165, 1.54) is 24.3 Å². The summed E-state index contributed by atoms with van der Waals surface area (Å²) < 4.78 is 12.9. The third-order valence-corrected chi connectivity index (χ3v) is 4.71. The van der Waals surface area contributed by atoms with Gasteiger partial charge >= 0.3 is 0 Å². The molecule has 0 heterocycles. The first-order chi connectivity index (χ1) is 14.6. The minimum Gasteiger partial charge on any atom is -0.343 e. The van der Waals surface area contributed by atoms with Crippen LogP contribution in [0.1, 0.15) is 15.9 Å². The zero-order chi connectivity index (χ0) is 20.9. The van der Waals surface area contributed by atoms with Crippen molar-refractivity contribution >= 4 is 39.6 Å². The molecular weight excluding hydrogens is 381 g/mol. The number of hydrogen-bond donors (Lipinski definition) is 2. The molecule has 2 amide bonds. The lowest BCUT2D eigenvalue weighted by molar-refractivity contribution is -0.120. The van der Waals surface area contributed by atoms with Crippen molar-refractivity contribution in [3.8, 4) is 0 Å². The fraction of sp³-hybridized carbons (Fsp3) is 0.0417. The largest absolute Gasteiger partial charge is 0.343 e. The lowest BCUT2D eigenvalue weighted by Gasteiger charge is -2.08. The monoisotopic (exact) mass is 399 g/mol. The van der Waals surface area contributed by atoms with Crippen LogP contribution in [0.5, 0.6) is 0 Å². The quantitative estimate of drug-likeness (QED) is 0.302. The van der Waals surface area contributed by atoms with Gasteiger partial charge in [0.2, 0.25) is 0 Å². The molecule has 2 N–H and O–H groups in total. The van der Waals surface area contributed by atoms with Crippen LogP contribution in [0.15, 0.2) is 84.0 Å². The summed E-state index contributed by atoms with van der Waals surface area (Å²) in [6.45, 7) is -0.246. The van der Waals surface area contributed by atoms with Gasteiger partial charge in [-0.15, -0.1) is 0 Å².